The predicted octanol–water partition coefficient (Wildman–Crippen LogP) is 3.68. The summed E-state index contributed by atoms with van der Waals surface area (Å²) in [6.07, 6.45) is 0. The van der Waals surface area contributed by atoms with Crippen LogP contribution >= 0.6 is 11.6 Å². The van der Waals surface area contributed by atoms with Crippen molar-refractivity contribution in [1.29, 1.82) is 0 Å². The molecule has 0 saturated heterocycles. The van der Waals surface area contributed by atoms with Crippen molar-refractivity contribution in [3.63, 3.8) is 0 Å². The van der Waals surface area contributed by atoms with E-state index in [2.05, 4.69) is 20.8 Å². The Labute approximate surface area is 174 Å². The Bertz CT molecular complexity index is 1100. The number of sulfonamides is 1. The van der Waals surface area contributed by atoms with Crippen molar-refractivity contribution < 1.29 is 12.9 Å². The van der Waals surface area contributed by atoms with Crippen molar-refractivity contribution in [2.75, 3.05) is 31.3 Å². The van der Waals surface area contributed by atoms with Crippen LogP contribution in [0.2, 0.25) is 5.02 Å². The molecule has 0 spiro atoms. The molecule has 0 fully saturated rings. The molecule has 3 aromatic rings. The second kappa shape index (κ2) is 8.81. The van der Waals surface area contributed by atoms with Gasteiger partial charge in [0.05, 0.1) is 22.8 Å². The fourth-order valence-corrected chi connectivity index (χ4v) is 3.75. The van der Waals surface area contributed by atoms with Crippen LogP contribution in [-0.2, 0) is 16.6 Å². The molecule has 0 aliphatic carbocycles. The normalized spacial score (nSPS) is 11.6. The molecule has 0 saturated carbocycles. The maximum Gasteiger partial charge on any atom is 0.246 e. The van der Waals surface area contributed by atoms with Gasteiger partial charge in [0.1, 0.15) is 0 Å². The number of nitrogens with one attached hydrogen (secondary N) is 2. The first-order chi connectivity index (χ1) is 13.8. The van der Waals surface area contributed by atoms with Gasteiger partial charge < -0.3 is 15.2 Å². The van der Waals surface area contributed by atoms with Crippen LogP contribution in [0.25, 0.3) is 11.4 Å². The van der Waals surface area contributed by atoms with Crippen LogP contribution < -0.4 is 10.6 Å². The minimum atomic E-state index is -3.55. The number of hydrogen-bond acceptors (Lipinski definition) is 7. The molecule has 29 heavy (non-hydrogen) atoms. The van der Waals surface area contributed by atoms with Crippen molar-refractivity contribution in [3.8, 4) is 11.4 Å². The Balaban J connectivity index is 1.82. The van der Waals surface area contributed by atoms with Crippen LogP contribution in [-0.4, -0.2) is 43.5 Å². The summed E-state index contributed by atoms with van der Waals surface area (Å²) in [6.45, 7) is 2.88. The maximum absolute atomic E-state index is 12.4. The van der Waals surface area contributed by atoms with E-state index in [1.807, 2.05) is 19.1 Å². The lowest BCUT2D eigenvalue weighted by Crippen LogP contribution is -2.22. The molecule has 1 aromatic heterocycles. The highest BCUT2D eigenvalue weighted by atomic mass is 35.5. The molecule has 3 rings (SSSR count). The number of benzene rings is 2. The Morgan fingerprint density at radius 3 is 2.59 bits per heavy atom. The zero-order valence-electron chi connectivity index (χ0n) is 16.3. The zero-order valence-corrected chi connectivity index (χ0v) is 17.9. The fourth-order valence-electron chi connectivity index (χ4n) is 2.63. The van der Waals surface area contributed by atoms with Gasteiger partial charge in [-0.2, -0.15) is 4.98 Å². The van der Waals surface area contributed by atoms with Gasteiger partial charge in [0.2, 0.25) is 21.7 Å². The summed E-state index contributed by atoms with van der Waals surface area (Å²) >= 11 is 6.01. The van der Waals surface area contributed by atoms with Gasteiger partial charge in [-0.25, -0.2) is 12.7 Å². The first-order valence-corrected chi connectivity index (χ1v) is 10.8. The molecule has 10 heteroatoms. The Morgan fingerprint density at radius 2 is 1.90 bits per heavy atom. The number of anilines is 2. The van der Waals surface area contributed by atoms with Gasteiger partial charge in [-0.1, -0.05) is 28.9 Å². The van der Waals surface area contributed by atoms with E-state index in [0.29, 0.717) is 29.0 Å². The van der Waals surface area contributed by atoms with E-state index >= 15 is 0 Å². The number of aromatic nitrogens is 2. The zero-order chi connectivity index (χ0) is 21.0. The molecule has 0 amide bonds. The average molecular weight is 436 g/mol. The third-order valence-corrected chi connectivity index (χ3v) is 6.16. The molecule has 1 heterocycles. The van der Waals surface area contributed by atoms with Crippen LogP contribution in [0.1, 0.15) is 12.8 Å². The number of halogens is 1. The van der Waals surface area contributed by atoms with Gasteiger partial charge in [-0.3, -0.25) is 0 Å². The van der Waals surface area contributed by atoms with Gasteiger partial charge >= 0.3 is 0 Å². The number of hydrogen-bond donors (Lipinski definition) is 2. The molecule has 0 aliphatic heterocycles. The van der Waals surface area contributed by atoms with Gasteiger partial charge in [-0.15, -0.1) is 0 Å². The lowest BCUT2D eigenvalue weighted by molar-refractivity contribution is 0.384. The standard InChI is InChI=1S/C19H22ClN5O3S/c1-4-21-16-9-8-15(29(26,27)25(2)3)11-17(16)22-12-18-23-19(24-28-18)13-6-5-7-14(20)10-13/h5-11,21-22H,4,12H2,1-3H3. The van der Waals surface area contributed by atoms with Gasteiger partial charge in [0.25, 0.3) is 0 Å². The Morgan fingerprint density at radius 1 is 1.10 bits per heavy atom. The van der Waals surface area contributed by atoms with Gasteiger partial charge in [0, 0.05) is 31.2 Å². The van der Waals surface area contributed by atoms with Crippen LogP contribution in [0, 0.1) is 0 Å². The summed E-state index contributed by atoms with van der Waals surface area (Å²) in [7, 11) is -0.555. The van der Waals surface area contributed by atoms with E-state index in [1.165, 1.54) is 18.4 Å². The molecule has 0 atom stereocenters. The van der Waals surface area contributed by atoms with Crippen molar-refractivity contribution >= 4 is 33.0 Å². The van der Waals surface area contributed by atoms with Gasteiger partial charge in [-0.05, 0) is 37.3 Å². The van der Waals surface area contributed by atoms with Crippen molar-refractivity contribution in [3.05, 3.63) is 53.4 Å². The molecular formula is C19H22ClN5O3S. The van der Waals surface area contributed by atoms with E-state index in [4.69, 9.17) is 16.1 Å². The van der Waals surface area contributed by atoms with Crippen LogP contribution in [0.5, 0.6) is 0 Å². The summed E-state index contributed by atoms with van der Waals surface area (Å²) in [5.74, 6) is 0.795. The summed E-state index contributed by atoms with van der Waals surface area (Å²) < 4.78 is 31.4. The molecule has 0 bridgehead atoms. The molecule has 0 unspecified atom stereocenters. The number of rotatable bonds is 8. The Hall–Kier alpha value is -2.62. The van der Waals surface area contributed by atoms with Crippen molar-refractivity contribution in [2.45, 2.75) is 18.4 Å². The highest BCUT2D eigenvalue weighted by molar-refractivity contribution is 7.89. The van der Waals surface area contributed by atoms with Crippen LogP contribution in [0.15, 0.2) is 51.9 Å². The highest BCUT2D eigenvalue weighted by Crippen LogP contribution is 2.27. The highest BCUT2D eigenvalue weighted by Gasteiger charge is 2.19. The molecular weight excluding hydrogens is 414 g/mol. The smallest absolute Gasteiger partial charge is 0.246 e. The maximum atomic E-state index is 12.4. The van der Waals surface area contributed by atoms with E-state index < -0.39 is 10.0 Å². The largest absolute Gasteiger partial charge is 0.384 e. The third kappa shape index (κ3) is 4.87. The topological polar surface area (TPSA) is 100 Å². The molecule has 8 nitrogen and oxygen atoms in total. The summed E-state index contributed by atoms with van der Waals surface area (Å²) in [4.78, 5) is 4.56. The van der Waals surface area contributed by atoms with E-state index in [-0.39, 0.29) is 11.4 Å². The second-order valence-corrected chi connectivity index (χ2v) is 8.99. The lowest BCUT2D eigenvalue weighted by atomic mass is 10.2. The SMILES string of the molecule is CCNc1ccc(S(=O)(=O)N(C)C)cc1NCc1nc(-c2cccc(Cl)c2)no1. The quantitative estimate of drug-likeness (QED) is 0.556. The molecule has 2 N–H and O–H groups in total. The van der Waals surface area contributed by atoms with E-state index in [9.17, 15) is 8.42 Å². The minimum Gasteiger partial charge on any atom is -0.384 e. The molecule has 0 aliphatic rings. The fraction of sp³-hybridized carbons (Fsp3) is 0.263. The van der Waals surface area contributed by atoms with Crippen molar-refractivity contribution in [1.82, 2.24) is 14.4 Å². The second-order valence-electron chi connectivity index (χ2n) is 6.40. The third-order valence-electron chi connectivity index (χ3n) is 4.12. The van der Waals surface area contributed by atoms with Gasteiger partial charge in [0.15, 0.2) is 0 Å². The van der Waals surface area contributed by atoms with Crippen LogP contribution in [0.3, 0.4) is 0 Å². The monoisotopic (exact) mass is 435 g/mol. The summed E-state index contributed by atoms with van der Waals surface area (Å²) in [6, 6.07) is 12.1. The van der Waals surface area contributed by atoms with Crippen LogP contribution in [0.4, 0.5) is 11.4 Å². The molecule has 2 aromatic carbocycles. The molecule has 154 valence electrons. The van der Waals surface area contributed by atoms with E-state index in [1.54, 1.807) is 30.3 Å². The predicted molar refractivity (Wildman–Crippen MR) is 114 cm³/mol. The van der Waals surface area contributed by atoms with Crippen molar-refractivity contribution in [2.24, 2.45) is 0 Å². The Kier molecular flexibility index (Phi) is 6.41. The van der Waals surface area contributed by atoms with E-state index in [0.717, 1.165) is 11.3 Å². The summed E-state index contributed by atoms with van der Waals surface area (Å²) in [5.41, 5.74) is 2.15. The first-order valence-electron chi connectivity index (χ1n) is 8.94. The summed E-state index contributed by atoms with van der Waals surface area (Å²) in [5, 5.41) is 10.9. The minimum absolute atomic E-state index is 0.191. The first kappa shape index (κ1) is 21.1. The molecule has 0 radical (unpaired) electrons. The lowest BCUT2D eigenvalue weighted by Gasteiger charge is -2.16. The average Bonchev–Trinajstić information content (AvgIpc) is 3.16. The number of nitrogens with zero attached hydrogens (tertiary/aromatic N) is 3.